The zero-order valence-corrected chi connectivity index (χ0v) is 12.4. The van der Waals surface area contributed by atoms with E-state index in [1.54, 1.807) is 19.1 Å². The molecule has 0 aliphatic carbocycles. The summed E-state index contributed by atoms with van der Waals surface area (Å²) in [5.41, 5.74) is 4.63. The van der Waals surface area contributed by atoms with E-state index in [4.69, 9.17) is 0 Å². The van der Waals surface area contributed by atoms with Gasteiger partial charge in [0.05, 0.1) is 6.42 Å². The molecule has 2 amide bonds. The quantitative estimate of drug-likeness (QED) is 0.637. The van der Waals surface area contributed by atoms with Crippen molar-refractivity contribution in [2.45, 2.75) is 40.2 Å². The average Bonchev–Trinajstić information content (AvgIpc) is 2.35. The maximum Gasteiger partial charge on any atom is 0.271 e. The van der Waals surface area contributed by atoms with Gasteiger partial charge in [-0.3, -0.25) is 9.59 Å². The molecule has 5 nitrogen and oxygen atoms in total. The van der Waals surface area contributed by atoms with Crippen LogP contribution in [0.4, 0.5) is 0 Å². The highest BCUT2D eigenvalue weighted by atomic mass is 16.2. The van der Waals surface area contributed by atoms with E-state index < -0.39 is 0 Å². The van der Waals surface area contributed by atoms with Crippen LogP contribution in [0.25, 0.3) is 0 Å². The molecule has 1 aromatic carbocycles. The molecular weight excluding hydrogens is 254 g/mol. The molecule has 0 aliphatic heterocycles. The third-order valence-corrected chi connectivity index (χ3v) is 2.53. The molecule has 2 N–H and O–H groups in total. The minimum Gasteiger partial charge on any atom is -0.354 e. The zero-order valence-electron chi connectivity index (χ0n) is 12.4. The Bertz CT molecular complexity index is 504. The maximum atomic E-state index is 11.8. The van der Waals surface area contributed by atoms with Crippen molar-refractivity contribution in [3.63, 3.8) is 0 Å². The molecule has 0 heterocycles. The number of amides is 2. The monoisotopic (exact) mass is 275 g/mol. The van der Waals surface area contributed by atoms with E-state index in [0.717, 1.165) is 5.56 Å². The van der Waals surface area contributed by atoms with Crippen LogP contribution in [0, 0.1) is 6.92 Å². The molecule has 0 bridgehead atoms. The lowest BCUT2D eigenvalue weighted by atomic mass is 10.1. The SMILES string of the molecule is CC(CC(=O)NC(C)C)=NNC(=O)c1ccc(C)cc1. The van der Waals surface area contributed by atoms with Gasteiger partial charge in [-0.25, -0.2) is 5.43 Å². The normalized spacial score (nSPS) is 11.3. The van der Waals surface area contributed by atoms with E-state index in [2.05, 4.69) is 15.8 Å². The van der Waals surface area contributed by atoms with Crippen molar-refractivity contribution < 1.29 is 9.59 Å². The molecule has 0 atom stereocenters. The van der Waals surface area contributed by atoms with Crippen LogP contribution in [-0.4, -0.2) is 23.6 Å². The van der Waals surface area contributed by atoms with Crippen molar-refractivity contribution in [3.05, 3.63) is 35.4 Å². The summed E-state index contributed by atoms with van der Waals surface area (Å²) in [7, 11) is 0. The number of nitrogens with zero attached hydrogens (tertiary/aromatic N) is 1. The van der Waals surface area contributed by atoms with Crippen LogP contribution in [0.15, 0.2) is 29.4 Å². The van der Waals surface area contributed by atoms with Crippen molar-refractivity contribution in [2.24, 2.45) is 5.10 Å². The van der Waals surface area contributed by atoms with Crippen LogP contribution in [0.3, 0.4) is 0 Å². The van der Waals surface area contributed by atoms with Gasteiger partial charge in [-0.1, -0.05) is 17.7 Å². The minimum atomic E-state index is -0.284. The Morgan fingerprint density at radius 2 is 1.80 bits per heavy atom. The molecule has 1 rings (SSSR count). The van der Waals surface area contributed by atoms with Gasteiger partial charge in [0.1, 0.15) is 0 Å². The summed E-state index contributed by atoms with van der Waals surface area (Å²) < 4.78 is 0. The van der Waals surface area contributed by atoms with Crippen LogP contribution in [0.2, 0.25) is 0 Å². The summed E-state index contributed by atoms with van der Waals surface area (Å²) in [6.45, 7) is 7.44. The first-order valence-corrected chi connectivity index (χ1v) is 6.58. The Hall–Kier alpha value is -2.17. The van der Waals surface area contributed by atoms with Crippen molar-refractivity contribution in [2.75, 3.05) is 0 Å². The molecular formula is C15H21N3O2. The predicted octanol–water partition coefficient (Wildman–Crippen LogP) is 2.02. The number of nitrogens with one attached hydrogen (secondary N) is 2. The highest BCUT2D eigenvalue weighted by Crippen LogP contribution is 2.02. The molecule has 5 heteroatoms. The topological polar surface area (TPSA) is 70.6 Å². The number of benzene rings is 1. The highest BCUT2D eigenvalue weighted by molar-refractivity contribution is 6.01. The molecule has 108 valence electrons. The van der Waals surface area contributed by atoms with Gasteiger partial charge in [0.25, 0.3) is 5.91 Å². The smallest absolute Gasteiger partial charge is 0.271 e. The number of hydrogen-bond acceptors (Lipinski definition) is 3. The summed E-state index contributed by atoms with van der Waals surface area (Å²) in [6, 6.07) is 7.29. The molecule has 0 unspecified atom stereocenters. The first-order valence-electron chi connectivity index (χ1n) is 6.58. The van der Waals surface area contributed by atoms with E-state index in [-0.39, 0.29) is 24.3 Å². The van der Waals surface area contributed by atoms with Crippen molar-refractivity contribution in [1.82, 2.24) is 10.7 Å². The van der Waals surface area contributed by atoms with E-state index in [0.29, 0.717) is 11.3 Å². The molecule has 0 aromatic heterocycles. The summed E-state index contributed by atoms with van der Waals surface area (Å²) in [5, 5.41) is 6.69. The molecule has 20 heavy (non-hydrogen) atoms. The van der Waals surface area contributed by atoms with Crippen molar-refractivity contribution >= 4 is 17.5 Å². The highest BCUT2D eigenvalue weighted by Gasteiger charge is 2.07. The van der Waals surface area contributed by atoms with Gasteiger partial charge in [0.15, 0.2) is 0 Å². The zero-order chi connectivity index (χ0) is 15.1. The second-order valence-corrected chi connectivity index (χ2v) is 5.05. The molecule has 0 aliphatic rings. The Labute approximate surface area is 119 Å². The number of hydrogen-bond donors (Lipinski definition) is 2. The van der Waals surface area contributed by atoms with Gasteiger partial charge in [0.2, 0.25) is 5.91 Å². The lowest BCUT2D eigenvalue weighted by molar-refractivity contribution is -0.120. The summed E-state index contributed by atoms with van der Waals surface area (Å²) in [5.74, 6) is -0.389. The number of hydrazone groups is 1. The van der Waals surface area contributed by atoms with E-state index in [1.165, 1.54) is 0 Å². The number of carbonyl (C=O) groups excluding carboxylic acids is 2. The van der Waals surface area contributed by atoms with Gasteiger partial charge in [-0.05, 0) is 39.8 Å². The van der Waals surface area contributed by atoms with Gasteiger partial charge in [0, 0.05) is 17.3 Å². The number of carbonyl (C=O) groups is 2. The standard InChI is InChI=1S/C15H21N3O2/c1-10(2)16-14(19)9-12(4)17-18-15(20)13-7-5-11(3)6-8-13/h5-8,10H,9H2,1-4H3,(H,16,19)(H,18,20). The molecule has 0 radical (unpaired) electrons. The maximum absolute atomic E-state index is 11.8. The van der Waals surface area contributed by atoms with Gasteiger partial charge in [-0.2, -0.15) is 5.10 Å². The Balaban J connectivity index is 2.52. The molecule has 0 spiro atoms. The summed E-state index contributed by atoms with van der Waals surface area (Å²) >= 11 is 0. The van der Waals surface area contributed by atoms with Gasteiger partial charge in [-0.15, -0.1) is 0 Å². The average molecular weight is 275 g/mol. The molecule has 0 saturated heterocycles. The van der Waals surface area contributed by atoms with Crippen LogP contribution < -0.4 is 10.7 Å². The van der Waals surface area contributed by atoms with Gasteiger partial charge < -0.3 is 5.32 Å². The number of aryl methyl sites for hydroxylation is 1. The summed E-state index contributed by atoms with van der Waals surface area (Å²) in [6.07, 6.45) is 0.173. The third-order valence-electron chi connectivity index (χ3n) is 2.53. The van der Waals surface area contributed by atoms with Crippen LogP contribution in [0.1, 0.15) is 43.1 Å². The van der Waals surface area contributed by atoms with Gasteiger partial charge >= 0.3 is 0 Å². The third kappa shape index (κ3) is 5.65. The Morgan fingerprint density at radius 1 is 1.20 bits per heavy atom. The van der Waals surface area contributed by atoms with E-state index in [1.807, 2.05) is 32.9 Å². The van der Waals surface area contributed by atoms with Crippen LogP contribution >= 0.6 is 0 Å². The Kier molecular flexibility index (Phi) is 5.90. The lowest BCUT2D eigenvalue weighted by Gasteiger charge is -2.08. The predicted molar refractivity (Wildman–Crippen MR) is 79.6 cm³/mol. The first kappa shape index (κ1) is 15.9. The first-order chi connectivity index (χ1) is 9.38. The Morgan fingerprint density at radius 3 is 2.35 bits per heavy atom. The minimum absolute atomic E-state index is 0.0949. The molecule has 0 fully saturated rings. The van der Waals surface area contributed by atoms with Crippen LogP contribution in [-0.2, 0) is 4.79 Å². The summed E-state index contributed by atoms with van der Waals surface area (Å²) in [4.78, 5) is 23.3. The van der Waals surface area contributed by atoms with Crippen molar-refractivity contribution in [1.29, 1.82) is 0 Å². The number of rotatable bonds is 5. The second-order valence-electron chi connectivity index (χ2n) is 5.05. The van der Waals surface area contributed by atoms with Crippen molar-refractivity contribution in [3.8, 4) is 0 Å². The fourth-order valence-electron chi connectivity index (χ4n) is 1.56. The fraction of sp³-hybridized carbons (Fsp3) is 0.400. The van der Waals surface area contributed by atoms with Crippen LogP contribution in [0.5, 0.6) is 0 Å². The molecule has 0 saturated carbocycles. The largest absolute Gasteiger partial charge is 0.354 e. The lowest BCUT2D eigenvalue weighted by Crippen LogP contribution is -2.31. The molecule has 1 aromatic rings. The fourth-order valence-corrected chi connectivity index (χ4v) is 1.56. The van der Waals surface area contributed by atoms with E-state index >= 15 is 0 Å². The second kappa shape index (κ2) is 7.43. The van der Waals surface area contributed by atoms with E-state index in [9.17, 15) is 9.59 Å².